The molecule has 0 aliphatic carbocycles. The molecule has 0 aromatic heterocycles. The van der Waals surface area contributed by atoms with E-state index in [-0.39, 0.29) is 17.6 Å². The highest BCUT2D eigenvalue weighted by Crippen LogP contribution is 2.38. The summed E-state index contributed by atoms with van der Waals surface area (Å²) in [6.07, 6.45) is 1.00. The standard InChI is InChI=1S/C23H30BrClFNO2/c1-22(2,3)14-23(4,5)27-12-15-17(24)10-11-20(28-6)21(15)29-13-16-18(25)8-7-9-19(16)26/h7-11,27H,12-14H2,1-6H3. The molecule has 0 saturated carbocycles. The molecule has 0 saturated heterocycles. The molecule has 29 heavy (non-hydrogen) atoms. The van der Waals surface area contributed by atoms with Crippen LogP contribution in [-0.4, -0.2) is 12.6 Å². The molecule has 2 aromatic rings. The Labute approximate surface area is 187 Å². The number of nitrogens with one attached hydrogen (secondary N) is 1. The van der Waals surface area contributed by atoms with Crippen molar-refractivity contribution in [3.05, 3.63) is 56.8 Å². The summed E-state index contributed by atoms with van der Waals surface area (Å²) in [7, 11) is 1.59. The Hall–Kier alpha value is -1.30. The van der Waals surface area contributed by atoms with Gasteiger partial charge in [0.15, 0.2) is 11.5 Å². The number of rotatable bonds is 8. The maximum atomic E-state index is 14.2. The van der Waals surface area contributed by atoms with Crippen molar-refractivity contribution in [3.63, 3.8) is 0 Å². The van der Waals surface area contributed by atoms with Crippen molar-refractivity contribution in [2.75, 3.05) is 7.11 Å². The Morgan fingerprint density at radius 3 is 2.34 bits per heavy atom. The molecule has 0 spiro atoms. The Balaban J connectivity index is 2.28. The molecular formula is C23H30BrClFNO2. The van der Waals surface area contributed by atoms with Crippen molar-refractivity contribution < 1.29 is 13.9 Å². The van der Waals surface area contributed by atoms with Gasteiger partial charge in [0.05, 0.1) is 12.1 Å². The van der Waals surface area contributed by atoms with Gasteiger partial charge in [0, 0.05) is 27.7 Å². The molecule has 0 bridgehead atoms. The number of hydrogen-bond acceptors (Lipinski definition) is 3. The summed E-state index contributed by atoms with van der Waals surface area (Å²) >= 11 is 9.77. The largest absolute Gasteiger partial charge is 0.493 e. The zero-order valence-corrected chi connectivity index (χ0v) is 20.3. The van der Waals surface area contributed by atoms with E-state index in [1.165, 1.54) is 6.07 Å². The van der Waals surface area contributed by atoms with Crippen LogP contribution < -0.4 is 14.8 Å². The van der Waals surface area contributed by atoms with Gasteiger partial charge >= 0.3 is 0 Å². The first-order valence-corrected chi connectivity index (χ1v) is 10.8. The maximum absolute atomic E-state index is 14.2. The molecule has 6 heteroatoms. The zero-order valence-electron chi connectivity index (χ0n) is 18.0. The van der Waals surface area contributed by atoms with Crippen LogP contribution in [0.15, 0.2) is 34.8 Å². The summed E-state index contributed by atoms with van der Waals surface area (Å²) < 4.78 is 26.6. The second-order valence-corrected chi connectivity index (χ2v) is 10.3. The minimum Gasteiger partial charge on any atom is -0.493 e. The minimum absolute atomic E-state index is 0.0106. The van der Waals surface area contributed by atoms with E-state index in [2.05, 4.69) is 55.9 Å². The van der Waals surface area contributed by atoms with Crippen molar-refractivity contribution in [2.45, 2.75) is 59.7 Å². The third-order valence-corrected chi connectivity index (χ3v) is 5.62. The molecule has 3 nitrogen and oxygen atoms in total. The highest BCUT2D eigenvalue weighted by atomic mass is 79.9. The lowest BCUT2D eigenvalue weighted by Gasteiger charge is -2.34. The van der Waals surface area contributed by atoms with Gasteiger partial charge in [-0.05, 0) is 49.9 Å². The van der Waals surface area contributed by atoms with Gasteiger partial charge < -0.3 is 14.8 Å². The fourth-order valence-electron chi connectivity index (χ4n) is 3.60. The van der Waals surface area contributed by atoms with E-state index in [4.69, 9.17) is 21.1 Å². The Kier molecular flexibility index (Phi) is 8.00. The highest BCUT2D eigenvalue weighted by Gasteiger charge is 2.26. The molecule has 0 amide bonds. The average Bonchev–Trinajstić information content (AvgIpc) is 2.58. The van der Waals surface area contributed by atoms with E-state index in [1.807, 2.05) is 12.1 Å². The minimum atomic E-state index is -0.391. The molecular weight excluding hydrogens is 457 g/mol. The lowest BCUT2D eigenvalue weighted by atomic mass is 9.81. The Morgan fingerprint density at radius 2 is 1.76 bits per heavy atom. The van der Waals surface area contributed by atoms with E-state index >= 15 is 0 Å². The average molecular weight is 487 g/mol. The van der Waals surface area contributed by atoms with Crippen LogP contribution in [0.1, 0.15) is 52.2 Å². The fraction of sp³-hybridized carbons (Fsp3) is 0.478. The van der Waals surface area contributed by atoms with Crippen LogP contribution in [-0.2, 0) is 13.2 Å². The van der Waals surface area contributed by atoms with Gasteiger partial charge in [-0.3, -0.25) is 0 Å². The van der Waals surface area contributed by atoms with E-state index < -0.39 is 5.82 Å². The molecule has 0 atom stereocenters. The molecule has 1 N–H and O–H groups in total. The van der Waals surface area contributed by atoms with Gasteiger partial charge in [0.2, 0.25) is 0 Å². The van der Waals surface area contributed by atoms with Gasteiger partial charge in [0.25, 0.3) is 0 Å². The van der Waals surface area contributed by atoms with Gasteiger partial charge in [-0.25, -0.2) is 4.39 Å². The van der Waals surface area contributed by atoms with Crippen molar-refractivity contribution in [1.82, 2.24) is 5.32 Å². The quantitative estimate of drug-likeness (QED) is 0.430. The summed E-state index contributed by atoms with van der Waals surface area (Å²) in [4.78, 5) is 0. The molecule has 2 rings (SSSR count). The fourth-order valence-corrected chi connectivity index (χ4v) is 4.27. The molecule has 0 radical (unpaired) electrons. The summed E-state index contributed by atoms with van der Waals surface area (Å²) in [6.45, 7) is 11.6. The van der Waals surface area contributed by atoms with E-state index in [0.29, 0.717) is 28.6 Å². The van der Waals surface area contributed by atoms with Crippen LogP contribution in [0.5, 0.6) is 11.5 Å². The summed E-state index contributed by atoms with van der Waals surface area (Å²) in [5.41, 5.74) is 1.36. The molecule has 0 fully saturated rings. The molecule has 2 aromatic carbocycles. The lowest BCUT2D eigenvalue weighted by Crippen LogP contribution is -2.42. The predicted molar refractivity (Wildman–Crippen MR) is 121 cm³/mol. The molecule has 0 heterocycles. The smallest absolute Gasteiger partial charge is 0.167 e. The first-order chi connectivity index (χ1) is 13.4. The second kappa shape index (κ2) is 9.67. The topological polar surface area (TPSA) is 30.5 Å². The van der Waals surface area contributed by atoms with Crippen molar-refractivity contribution >= 4 is 27.5 Å². The van der Waals surface area contributed by atoms with Crippen LogP contribution in [0.4, 0.5) is 4.39 Å². The van der Waals surface area contributed by atoms with Gasteiger partial charge in [-0.1, -0.05) is 54.4 Å². The third kappa shape index (κ3) is 6.87. The first kappa shape index (κ1) is 24.0. The van der Waals surface area contributed by atoms with E-state index in [1.54, 1.807) is 19.2 Å². The van der Waals surface area contributed by atoms with Gasteiger partial charge in [0.1, 0.15) is 12.4 Å². The SMILES string of the molecule is COc1ccc(Br)c(CNC(C)(C)CC(C)(C)C)c1OCc1c(F)cccc1Cl. The Morgan fingerprint density at radius 1 is 1.07 bits per heavy atom. The van der Waals surface area contributed by atoms with Gasteiger partial charge in [-0.2, -0.15) is 0 Å². The normalized spacial score (nSPS) is 12.2. The van der Waals surface area contributed by atoms with Crippen molar-refractivity contribution in [1.29, 1.82) is 0 Å². The zero-order chi connectivity index (χ0) is 21.8. The number of halogens is 3. The van der Waals surface area contributed by atoms with Crippen LogP contribution in [0.25, 0.3) is 0 Å². The summed E-state index contributed by atoms with van der Waals surface area (Å²) in [5, 5.41) is 3.96. The number of ether oxygens (including phenoxy) is 2. The monoisotopic (exact) mass is 485 g/mol. The van der Waals surface area contributed by atoms with Crippen LogP contribution in [0.2, 0.25) is 5.02 Å². The molecule has 0 aliphatic heterocycles. The molecule has 160 valence electrons. The number of hydrogen-bond donors (Lipinski definition) is 1. The Bertz CT molecular complexity index is 829. The number of benzene rings is 2. The van der Waals surface area contributed by atoms with Gasteiger partial charge in [-0.15, -0.1) is 0 Å². The van der Waals surface area contributed by atoms with Crippen LogP contribution >= 0.6 is 27.5 Å². The van der Waals surface area contributed by atoms with E-state index in [9.17, 15) is 4.39 Å². The third-order valence-electron chi connectivity index (χ3n) is 4.53. The highest BCUT2D eigenvalue weighted by molar-refractivity contribution is 9.10. The lowest BCUT2D eigenvalue weighted by molar-refractivity contribution is 0.237. The first-order valence-electron chi connectivity index (χ1n) is 9.59. The maximum Gasteiger partial charge on any atom is 0.167 e. The van der Waals surface area contributed by atoms with Crippen molar-refractivity contribution in [3.8, 4) is 11.5 Å². The summed E-state index contributed by atoms with van der Waals surface area (Å²) in [6, 6.07) is 8.36. The summed E-state index contributed by atoms with van der Waals surface area (Å²) in [5.74, 6) is 0.767. The van der Waals surface area contributed by atoms with Crippen LogP contribution in [0, 0.1) is 11.2 Å². The van der Waals surface area contributed by atoms with E-state index in [0.717, 1.165) is 16.5 Å². The molecule has 0 aliphatic rings. The van der Waals surface area contributed by atoms with Crippen molar-refractivity contribution in [2.24, 2.45) is 5.41 Å². The second-order valence-electron chi connectivity index (χ2n) is 9.02. The van der Waals surface area contributed by atoms with Crippen LogP contribution in [0.3, 0.4) is 0 Å². The predicted octanol–water partition coefficient (Wildman–Crippen LogP) is 7.13. The molecule has 0 unspecified atom stereocenters. The number of methoxy groups -OCH3 is 1.